The van der Waals surface area contributed by atoms with Gasteiger partial charge in [-0.1, -0.05) is 15.9 Å². The minimum atomic E-state index is 0.327. The molecule has 0 saturated carbocycles. The lowest BCUT2D eigenvalue weighted by Crippen LogP contribution is -2.42. The first-order valence-electron chi connectivity index (χ1n) is 5.99. The molecule has 0 unspecified atom stereocenters. The summed E-state index contributed by atoms with van der Waals surface area (Å²) in [5.74, 6) is 0.907. The molecule has 0 bridgehead atoms. The molecule has 1 aliphatic rings. The summed E-state index contributed by atoms with van der Waals surface area (Å²) in [5.41, 5.74) is 7.26. The second-order valence-electron chi connectivity index (χ2n) is 4.59. The van der Waals surface area contributed by atoms with Crippen LogP contribution in [0.25, 0.3) is 0 Å². The second kappa shape index (κ2) is 5.85. The molecule has 1 aliphatic heterocycles. The van der Waals surface area contributed by atoms with Crippen LogP contribution in [0.5, 0.6) is 5.75 Å². The first-order chi connectivity index (χ1) is 8.19. The Morgan fingerprint density at radius 3 is 3.06 bits per heavy atom. The van der Waals surface area contributed by atoms with Crippen molar-refractivity contribution in [3.8, 4) is 5.75 Å². The zero-order valence-electron chi connectivity index (χ0n) is 10.2. The van der Waals surface area contributed by atoms with Crippen LogP contribution in [-0.4, -0.2) is 31.1 Å². The van der Waals surface area contributed by atoms with Crippen molar-refractivity contribution in [2.45, 2.75) is 25.4 Å². The monoisotopic (exact) mass is 298 g/mol. The van der Waals surface area contributed by atoms with Gasteiger partial charge in [-0.3, -0.25) is 4.90 Å². The van der Waals surface area contributed by atoms with Crippen LogP contribution in [0, 0.1) is 0 Å². The van der Waals surface area contributed by atoms with Crippen molar-refractivity contribution >= 4 is 15.9 Å². The van der Waals surface area contributed by atoms with Crippen molar-refractivity contribution in [3.05, 3.63) is 28.2 Å². The van der Waals surface area contributed by atoms with Gasteiger partial charge in [-0.15, -0.1) is 0 Å². The van der Waals surface area contributed by atoms with Crippen LogP contribution in [0.3, 0.4) is 0 Å². The molecule has 17 heavy (non-hydrogen) atoms. The van der Waals surface area contributed by atoms with E-state index in [-0.39, 0.29) is 0 Å². The van der Waals surface area contributed by atoms with Crippen molar-refractivity contribution in [2.75, 3.05) is 20.2 Å². The summed E-state index contributed by atoms with van der Waals surface area (Å²) < 4.78 is 6.39. The number of benzene rings is 1. The van der Waals surface area contributed by atoms with E-state index in [1.165, 1.54) is 12.0 Å². The third-order valence-corrected chi connectivity index (χ3v) is 3.96. The molecule has 0 aliphatic carbocycles. The minimum absolute atomic E-state index is 0.327. The molecule has 1 heterocycles. The van der Waals surface area contributed by atoms with Gasteiger partial charge in [0.05, 0.1) is 7.11 Å². The van der Waals surface area contributed by atoms with Crippen LogP contribution in [0.1, 0.15) is 18.4 Å². The topological polar surface area (TPSA) is 38.5 Å². The maximum atomic E-state index is 5.99. The highest BCUT2D eigenvalue weighted by molar-refractivity contribution is 9.10. The normalized spacial score (nSPS) is 21.5. The van der Waals surface area contributed by atoms with Gasteiger partial charge >= 0.3 is 0 Å². The average Bonchev–Trinajstić information content (AvgIpc) is 2.32. The zero-order chi connectivity index (χ0) is 12.3. The predicted octanol–water partition coefficient (Wildman–Crippen LogP) is 2.38. The first kappa shape index (κ1) is 12.9. The molecule has 1 fully saturated rings. The largest absolute Gasteiger partial charge is 0.497 e. The van der Waals surface area contributed by atoms with E-state index in [0.29, 0.717) is 6.04 Å². The average molecular weight is 299 g/mol. The van der Waals surface area contributed by atoms with Gasteiger partial charge in [0.15, 0.2) is 0 Å². The van der Waals surface area contributed by atoms with Crippen molar-refractivity contribution in [1.82, 2.24) is 4.90 Å². The van der Waals surface area contributed by atoms with Crippen LogP contribution in [0.4, 0.5) is 0 Å². The fraction of sp³-hybridized carbons (Fsp3) is 0.538. The van der Waals surface area contributed by atoms with E-state index in [4.69, 9.17) is 10.5 Å². The summed E-state index contributed by atoms with van der Waals surface area (Å²) in [6.07, 6.45) is 2.35. The van der Waals surface area contributed by atoms with Crippen LogP contribution in [0.2, 0.25) is 0 Å². The van der Waals surface area contributed by atoms with Gasteiger partial charge in [-0.25, -0.2) is 0 Å². The van der Waals surface area contributed by atoms with E-state index < -0.39 is 0 Å². The molecule has 94 valence electrons. The Bertz CT molecular complexity index is 384. The Morgan fingerprint density at radius 1 is 1.53 bits per heavy atom. The number of halogens is 1. The number of hydrogen-bond donors (Lipinski definition) is 1. The molecule has 1 saturated heterocycles. The number of likely N-dealkylation sites (tertiary alicyclic amines) is 1. The lowest BCUT2D eigenvalue weighted by Gasteiger charge is -2.31. The molecular formula is C13H19BrN2O. The molecule has 1 aromatic rings. The third-order valence-electron chi connectivity index (χ3n) is 3.19. The summed E-state index contributed by atoms with van der Waals surface area (Å²) in [5, 5.41) is 0. The van der Waals surface area contributed by atoms with E-state index in [1.54, 1.807) is 7.11 Å². The standard InChI is InChI=1S/C13H19BrN2O/c1-17-12-4-5-13(14)10(7-12)8-16-6-2-3-11(15)9-16/h4-5,7,11H,2-3,6,8-9,15H2,1H3/t11-/m1/s1. The summed E-state index contributed by atoms with van der Waals surface area (Å²) in [6.45, 7) is 3.06. The quantitative estimate of drug-likeness (QED) is 0.931. The summed E-state index contributed by atoms with van der Waals surface area (Å²) in [6, 6.07) is 6.42. The van der Waals surface area contributed by atoms with Gasteiger partial charge < -0.3 is 10.5 Å². The number of nitrogens with two attached hydrogens (primary N) is 1. The lowest BCUT2D eigenvalue weighted by molar-refractivity contribution is 0.201. The number of hydrogen-bond acceptors (Lipinski definition) is 3. The highest BCUT2D eigenvalue weighted by Gasteiger charge is 2.17. The highest BCUT2D eigenvalue weighted by Crippen LogP contribution is 2.24. The fourth-order valence-electron chi connectivity index (χ4n) is 2.28. The molecule has 1 aromatic carbocycles. The minimum Gasteiger partial charge on any atom is -0.497 e. The van der Waals surface area contributed by atoms with Crippen molar-refractivity contribution in [3.63, 3.8) is 0 Å². The van der Waals surface area contributed by atoms with Crippen molar-refractivity contribution < 1.29 is 4.74 Å². The third kappa shape index (κ3) is 3.44. The Labute approximate surface area is 111 Å². The maximum Gasteiger partial charge on any atom is 0.119 e. The number of rotatable bonds is 3. The Balaban J connectivity index is 2.06. The van der Waals surface area contributed by atoms with Crippen LogP contribution >= 0.6 is 15.9 Å². The second-order valence-corrected chi connectivity index (χ2v) is 5.45. The molecule has 2 rings (SSSR count). The Hall–Kier alpha value is -0.580. The lowest BCUT2D eigenvalue weighted by atomic mass is 10.1. The van der Waals surface area contributed by atoms with Gasteiger partial charge in [0.1, 0.15) is 5.75 Å². The molecule has 0 amide bonds. The first-order valence-corrected chi connectivity index (χ1v) is 6.78. The van der Waals surface area contributed by atoms with Gasteiger partial charge in [-0.2, -0.15) is 0 Å². The van der Waals surface area contributed by atoms with Gasteiger partial charge in [0.25, 0.3) is 0 Å². The predicted molar refractivity (Wildman–Crippen MR) is 73.2 cm³/mol. The molecule has 2 N–H and O–H groups in total. The van der Waals surface area contributed by atoms with Gasteiger partial charge in [0, 0.05) is 23.6 Å². The van der Waals surface area contributed by atoms with Crippen LogP contribution in [0.15, 0.2) is 22.7 Å². The number of methoxy groups -OCH3 is 1. The van der Waals surface area contributed by atoms with Crippen LogP contribution < -0.4 is 10.5 Å². The zero-order valence-corrected chi connectivity index (χ0v) is 11.7. The van der Waals surface area contributed by atoms with E-state index in [1.807, 2.05) is 12.1 Å². The molecule has 4 heteroatoms. The fourth-order valence-corrected chi connectivity index (χ4v) is 2.65. The molecule has 0 radical (unpaired) electrons. The smallest absolute Gasteiger partial charge is 0.119 e. The summed E-state index contributed by atoms with van der Waals surface area (Å²) >= 11 is 3.59. The van der Waals surface area contributed by atoms with Gasteiger partial charge in [-0.05, 0) is 43.1 Å². The van der Waals surface area contributed by atoms with Crippen LogP contribution in [-0.2, 0) is 6.54 Å². The maximum absolute atomic E-state index is 5.99. The number of nitrogens with zero attached hydrogens (tertiary/aromatic N) is 1. The molecule has 0 aromatic heterocycles. The van der Waals surface area contributed by atoms with E-state index >= 15 is 0 Å². The molecule has 0 spiro atoms. The van der Waals surface area contributed by atoms with Gasteiger partial charge in [0.2, 0.25) is 0 Å². The SMILES string of the molecule is COc1ccc(Br)c(CN2CCC[C@@H](N)C2)c1. The molecule has 1 atom stereocenters. The molecule has 3 nitrogen and oxygen atoms in total. The highest BCUT2D eigenvalue weighted by atomic mass is 79.9. The summed E-state index contributed by atoms with van der Waals surface area (Å²) in [4.78, 5) is 2.41. The van der Waals surface area contributed by atoms with E-state index in [2.05, 4.69) is 26.9 Å². The number of piperidine rings is 1. The summed E-state index contributed by atoms with van der Waals surface area (Å²) in [7, 11) is 1.70. The van der Waals surface area contributed by atoms with E-state index in [9.17, 15) is 0 Å². The van der Waals surface area contributed by atoms with E-state index in [0.717, 1.165) is 36.3 Å². The Morgan fingerprint density at radius 2 is 2.35 bits per heavy atom. The Kier molecular flexibility index (Phi) is 4.42. The number of ether oxygens (including phenoxy) is 1. The molecular weight excluding hydrogens is 280 g/mol. The van der Waals surface area contributed by atoms with Crippen molar-refractivity contribution in [1.29, 1.82) is 0 Å². The van der Waals surface area contributed by atoms with Crippen molar-refractivity contribution in [2.24, 2.45) is 5.73 Å².